The highest BCUT2D eigenvalue weighted by molar-refractivity contribution is 5.36. The summed E-state index contributed by atoms with van der Waals surface area (Å²) in [5, 5.41) is 3.59. The van der Waals surface area contributed by atoms with Crippen molar-refractivity contribution in [3.63, 3.8) is 0 Å². The summed E-state index contributed by atoms with van der Waals surface area (Å²) in [6.07, 6.45) is 21.2. The number of hydrogen-bond donors (Lipinski definition) is 1. The van der Waals surface area contributed by atoms with Crippen LogP contribution in [0.2, 0.25) is 0 Å². The zero-order valence-electron chi connectivity index (χ0n) is 21.4. The molecule has 0 unspecified atom stereocenters. The monoisotopic (exact) mass is 431 g/mol. The van der Waals surface area contributed by atoms with Gasteiger partial charge in [0.25, 0.3) is 0 Å². The maximum atomic E-state index is 6.23. The van der Waals surface area contributed by atoms with Gasteiger partial charge in [0.15, 0.2) is 0 Å². The third-order valence-electron chi connectivity index (χ3n) is 6.53. The quantitative estimate of drug-likeness (QED) is 0.196. The Bertz CT molecular complexity index is 515. The van der Waals surface area contributed by atoms with Gasteiger partial charge in [-0.1, -0.05) is 122 Å². The molecule has 31 heavy (non-hydrogen) atoms. The van der Waals surface area contributed by atoms with Crippen LogP contribution in [0.25, 0.3) is 0 Å². The first-order chi connectivity index (χ1) is 15.2. The number of nitrogens with one attached hydrogen (secondary N) is 1. The predicted octanol–water partition coefficient (Wildman–Crippen LogP) is 9.04. The van der Waals surface area contributed by atoms with Crippen molar-refractivity contribution in [1.29, 1.82) is 0 Å². The van der Waals surface area contributed by atoms with Crippen molar-refractivity contribution in [2.75, 3.05) is 13.1 Å². The summed E-state index contributed by atoms with van der Waals surface area (Å²) in [5.41, 5.74) is 1.34. The van der Waals surface area contributed by atoms with Crippen LogP contribution in [-0.2, 0) is 0 Å². The predicted molar refractivity (Wildman–Crippen MR) is 138 cm³/mol. The average Bonchev–Trinajstić information content (AvgIpc) is 2.78. The molecule has 1 aromatic carbocycles. The van der Waals surface area contributed by atoms with Crippen molar-refractivity contribution in [2.45, 2.75) is 136 Å². The van der Waals surface area contributed by atoms with Gasteiger partial charge < -0.3 is 10.1 Å². The van der Waals surface area contributed by atoms with E-state index in [9.17, 15) is 0 Å². The lowest BCUT2D eigenvalue weighted by Crippen LogP contribution is -2.29. The smallest absolute Gasteiger partial charge is 0.123 e. The molecule has 1 aromatic rings. The normalized spacial score (nSPS) is 13.3. The second kappa shape index (κ2) is 19.6. The van der Waals surface area contributed by atoms with E-state index >= 15 is 0 Å². The van der Waals surface area contributed by atoms with Crippen LogP contribution in [0.15, 0.2) is 24.3 Å². The highest BCUT2D eigenvalue weighted by Crippen LogP contribution is 2.29. The van der Waals surface area contributed by atoms with Crippen LogP contribution in [0.1, 0.15) is 135 Å². The summed E-state index contributed by atoms with van der Waals surface area (Å²) in [7, 11) is 0. The first-order valence-electron chi connectivity index (χ1n) is 13.6. The van der Waals surface area contributed by atoms with Crippen LogP contribution < -0.4 is 10.1 Å². The molecule has 0 bridgehead atoms. The minimum atomic E-state index is 0.205. The largest absolute Gasteiger partial charge is 0.489 e. The van der Waals surface area contributed by atoms with Crippen LogP contribution in [0.4, 0.5) is 0 Å². The van der Waals surface area contributed by atoms with Crippen molar-refractivity contribution in [3.8, 4) is 5.75 Å². The van der Waals surface area contributed by atoms with Crippen LogP contribution in [0.5, 0.6) is 5.75 Å². The van der Waals surface area contributed by atoms with Gasteiger partial charge in [0.05, 0.1) is 0 Å². The van der Waals surface area contributed by atoms with E-state index < -0.39 is 0 Å². The summed E-state index contributed by atoms with van der Waals surface area (Å²) in [6, 6.07) is 8.52. The van der Waals surface area contributed by atoms with Gasteiger partial charge in [0.2, 0.25) is 0 Å². The van der Waals surface area contributed by atoms with Gasteiger partial charge >= 0.3 is 0 Å². The lowest BCUT2D eigenvalue weighted by Gasteiger charge is -2.20. The number of ether oxygens (including phenoxy) is 1. The van der Waals surface area contributed by atoms with Crippen molar-refractivity contribution in [1.82, 2.24) is 5.32 Å². The molecule has 1 rings (SSSR count). The zero-order chi connectivity index (χ0) is 22.6. The Labute approximate surface area is 194 Å². The lowest BCUT2D eigenvalue weighted by atomic mass is 9.98. The van der Waals surface area contributed by atoms with Crippen LogP contribution in [0.3, 0.4) is 0 Å². The molecule has 0 aliphatic carbocycles. The Balaban J connectivity index is 1.92. The maximum absolute atomic E-state index is 6.23. The molecule has 180 valence electrons. The number of hydrogen-bond acceptors (Lipinski definition) is 2. The second-order valence-electron chi connectivity index (χ2n) is 9.58. The molecule has 0 aliphatic heterocycles. The fourth-order valence-corrected chi connectivity index (χ4v) is 4.22. The van der Waals surface area contributed by atoms with Crippen molar-refractivity contribution >= 4 is 0 Å². The first-order valence-corrected chi connectivity index (χ1v) is 13.6. The molecule has 1 N–H and O–H groups in total. The van der Waals surface area contributed by atoms with Gasteiger partial charge in [0.1, 0.15) is 11.9 Å². The van der Waals surface area contributed by atoms with Crippen LogP contribution >= 0.6 is 0 Å². The molecule has 2 heteroatoms. The first kappa shape index (κ1) is 28.0. The molecular formula is C29H53NO. The van der Waals surface area contributed by atoms with E-state index in [4.69, 9.17) is 4.74 Å². The molecule has 0 spiro atoms. The third kappa shape index (κ3) is 14.6. The van der Waals surface area contributed by atoms with Crippen LogP contribution in [0, 0.1) is 0 Å². The highest BCUT2D eigenvalue weighted by atomic mass is 16.5. The highest BCUT2D eigenvalue weighted by Gasteiger charge is 2.12. The Morgan fingerprint density at radius 1 is 0.710 bits per heavy atom. The van der Waals surface area contributed by atoms with Gasteiger partial charge in [-0.25, -0.2) is 0 Å². The Hall–Kier alpha value is -1.02. The Morgan fingerprint density at radius 3 is 1.77 bits per heavy atom. The number of unbranched alkanes of at least 4 members (excludes halogenated alkanes) is 13. The summed E-state index contributed by atoms with van der Waals surface area (Å²) < 4.78 is 6.23. The summed E-state index contributed by atoms with van der Waals surface area (Å²) >= 11 is 0. The third-order valence-corrected chi connectivity index (χ3v) is 6.53. The number of rotatable bonds is 21. The molecule has 0 radical (unpaired) electrons. The van der Waals surface area contributed by atoms with Gasteiger partial charge in [-0.3, -0.25) is 0 Å². The van der Waals surface area contributed by atoms with Gasteiger partial charge in [0, 0.05) is 6.54 Å². The van der Waals surface area contributed by atoms with Gasteiger partial charge in [-0.2, -0.15) is 0 Å². The molecular weight excluding hydrogens is 378 g/mol. The van der Waals surface area contributed by atoms with Crippen molar-refractivity contribution in [3.05, 3.63) is 29.8 Å². The summed E-state index contributed by atoms with van der Waals surface area (Å²) in [5.74, 6) is 1.61. The maximum Gasteiger partial charge on any atom is 0.123 e. The molecule has 2 atom stereocenters. The van der Waals surface area contributed by atoms with E-state index in [-0.39, 0.29) is 6.10 Å². The van der Waals surface area contributed by atoms with Crippen LogP contribution in [-0.4, -0.2) is 19.2 Å². The van der Waals surface area contributed by atoms with E-state index in [0.717, 1.165) is 25.3 Å². The Kier molecular flexibility index (Phi) is 17.8. The minimum absolute atomic E-state index is 0.205. The van der Waals surface area contributed by atoms with Crippen molar-refractivity contribution in [2.24, 2.45) is 0 Å². The molecule has 0 saturated heterocycles. The van der Waals surface area contributed by atoms with E-state index in [0.29, 0.717) is 5.92 Å². The SMILES string of the molecule is CCCCCCCCCCCCCCCCNC[C@@H](C)Oc1ccccc1[C@@H](C)CC. The number of para-hydroxylation sites is 1. The minimum Gasteiger partial charge on any atom is -0.489 e. The molecule has 0 heterocycles. The fourth-order valence-electron chi connectivity index (χ4n) is 4.22. The van der Waals surface area contributed by atoms with E-state index in [1.165, 1.54) is 95.5 Å². The van der Waals surface area contributed by atoms with E-state index in [2.05, 4.69) is 57.3 Å². The second-order valence-corrected chi connectivity index (χ2v) is 9.58. The molecule has 2 nitrogen and oxygen atoms in total. The molecule has 0 amide bonds. The molecule has 0 aromatic heterocycles. The van der Waals surface area contributed by atoms with E-state index in [1.807, 2.05) is 0 Å². The summed E-state index contributed by atoms with van der Waals surface area (Å²) in [4.78, 5) is 0. The topological polar surface area (TPSA) is 21.3 Å². The Morgan fingerprint density at radius 2 is 1.23 bits per heavy atom. The average molecular weight is 432 g/mol. The standard InChI is InChI=1S/C29H53NO/c1-5-7-8-9-10-11-12-13-14-15-16-17-18-21-24-30-25-27(4)31-29-23-20-19-22-28(29)26(3)6-2/h19-20,22-23,26-27,30H,5-18,21,24-25H2,1-4H3/t26-,27+/m0/s1. The van der Waals surface area contributed by atoms with Crippen molar-refractivity contribution < 1.29 is 4.74 Å². The zero-order valence-corrected chi connectivity index (χ0v) is 21.4. The fraction of sp³-hybridized carbons (Fsp3) is 0.793. The molecule has 0 fully saturated rings. The lowest BCUT2D eigenvalue weighted by molar-refractivity contribution is 0.214. The van der Waals surface area contributed by atoms with E-state index in [1.54, 1.807) is 0 Å². The molecule has 0 aliphatic rings. The van der Waals surface area contributed by atoms with Gasteiger partial charge in [-0.15, -0.1) is 0 Å². The van der Waals surface area contributed by atoms with Gasteiger partial charge in [-0.05, 0) is 43.9 Å². The summed E-state index contributed by atoms with van der Waals surface area (Å²) in [6.45, 7) is 11.0. The molecule has 0 saturated carbocycles. The number of benzene rings is 1.